The van der Waals surface area contributed by atoms with Crippen LogP contribution in [0.2, 0.25) is 0 Å². The third-order valence-corrected chi connectivity index (χ3v) is 2.88. The number of alkyl halides is 3. The summed E-state index contributed by atoms with van der Waals surface area (Å²) in [6, 6.07) is 6.90. The van der Waals surface area contributed by atoms with Crippen molar-refractivity contribution < 1.29 is 32.2 Å². The van der Waals surface area contributed by atoms with Gasteiger partial charge in [0.2, 0.25) is 0 Å². The van der Waals surface area contributed by atoms with Crippen LogP contribution in [0.1, 0.15) is 32.3 Å². The van der Waals surface area contributed by atoms with Crippen LogP contribution in [0.25, 0.3) is 0 Å². The van der Waals surface area contributed by atoms with Crippen LogP contribution in [-0.2, 0) is 20.7 Å². The molecule has 0 aliphatic heterocycles. The second-order valence-electron chi connectivity index (χ2n) is 4.61. The third-order valence-electron chi connectivity index (χ3n) is 2.88. The molecule has 0 saturated carbocycles. The molecular formula is C15H17F3O4. The molecule has 0 bridgehead atoms. The van der Waals surface area contributed by atoms with Crippen molar-refractivity contribution in [2.45, 2.75) is 45.4 Å². The van der Waals surface area contributed by atoms with Gasteiger partial charge in [0.1, 0.15) is 5.75 Å². The van der Waals surface area contributed by atoms with Crippen LogP contribution >= 0.6 is 0 Å². The number of hydrogen-bond donors (Lipinski definition) is 0. The van der Waals surface area contributed by atoms with Gasteiger partial charge in [-0.15, -0.1) is 0 Å². The van der Waals surface area contributed by atoms with Gasteiger partial charge in [-0.05, 0) is 25.0 Å². The lowest BCUT2D eigenvalue weighted by atomic mass is 10.1. The van der Waals surface area contributed by atoms with E-state index in [0.717, 1.165) is 12.5 Å². The summed E-state index contributed by atoms with van der Waals surface area (Å²) in [5, 5.41) is 0. The van der Waals surface area contributed by atoms with Crippen LogP contribution < -0.4 is 4.74 Å². The molecule has 1 atom stereocenters. The molecule has 0 aliphatic carbocycles. The minimum atomic E-state index is -4.61. The van der Waals surface area contributed by atoms with Crippen LogP contribution in [0.3, 0.4) is 0 Å². The van der Waals surface area contributed by atoms with Crippen molar-refractivity contribution >= 4 is 11.9 Å². The van der Waals surface area contributed by atoms with Gasteiger partial charge in [-0.2, -0.15) is 13.2 Å². The molecule has 0 amide bonds. The molecule has 7 heteroatoms. The third kappa shape index (κ3) is 5.75. The zero-order valence-electron chi connectivity index (χ0n) is 12.3. The molecule has 1 aromatic rings. The van der Waals surface area contributed by atoms with E-state index in [1.807, 2.05) is 6.92 Å². The van der Waals surface area contributed by atoms with Gasteiger partial charge in [0, 0.05) is 0 Å². The summed E-state index contributed by atoms with van der Waals surface area (Å²) in [6.45, 7) is 2.62. The number of benzene rings is 1. The SMILES string of the molecule is CCc1ccccc1OC(=O)CCC(=O)OC(C)C(F)(F)F. The highest BCUT2D eigenvalue weighted by atomic mass is 19.4. The van der Waals surface area contributed by atoms with E-state index in [9.17, 15) is 22.8 Å². The van der Waals surface area contributed by atoms with E-state index in [0.29, 0.717) is 12.2 Å². The largest absolute Gasteiger partial charge is 0.453 e. The standard InChI is InChI=1S/C15H17F3O4/c1-3-11-6-4-5-7-12(11)22-14(20)9-8-13(19)21-10(2)15(16,17)18/h4-7,10H,3,8-9H2,1-2H3. The van der Waals surface area contributed by atoms with Gasteiger partial charge in [0.05, 0.1) is 12.8 Å². The van der Waals surface area contributed by atoms with Crippen molar-refractivity contribution in [1.82, 2.24) is 0 Å². The average Bonchev–Trinajstić information content (AvgIpc) is 2.44. The minimum Gasteiger partial charge on any atom is -0.453 e. The highest BCUT2D eigenvalue weighted by molar-refractivity contribution is 5.79. The first-order valence-electron chi connectivity index (χ1n) is 6.78. The summed E-state index contributed by atoms with van der Waals surface area (Å²) in [6.07, 6.45) is -6.96. The number of hydrogen-bond acceptors (Lipinski definition) is 4. The van der Waals surface area contributed by atoms with Crippen LogP contribution in [0.5, 0.6) is 5.75 Å². The molecule has 0 saturated heterocycles. The van der Waals surface area contributed by atoms with Crippen LogP contribution in [0.4, 0.5) is 13.2 Å². The lowest BCUT2D eigenvalue weighted by Crippen LogP contribution is -2.31. The van der Waals surface area contributed by atoms with Gasteiger partial charge in [-0.3, -0.25) is 9.59 Å². The van der Waals surface area contributed by atoms with Crippen molar-refractivity contribution in [1.29, 1.82) is 0 Å². The Morgan fingerprint density at radius 3 is 2.32 bits per heavy atom. The number of carbonyl (C=O) groups is 2. The Morgan fingerprint density at radius 2 is 1.73 bits per heavy atom. The molecule has 0 N–H and O–H groups in total. The lowest BCUT2D eigenvalue weighted by Gasteiger charge is -2.16. The maximum Gasteiger partial charge on any atom is 0.425 e. The molecule has 0 radical (unpaired) electrons. The van der Waals surface area contributed by atoms with Crippen molar-refractivity contribution in [2.24, 2.45) is 0 Å². The number of carbonyl (C=O) groups excluding carboxylic acids is 2. The fraction of sp³-hybridized carbons (Fsp3) is 0.467. The normalized spacial score (nSPS) is 12.6. The molecule has 0 aromatic heterocycles. The van der Waals surface area contributed by atoms with E-state index in [-0.39, 0.29) is 6.42 Å². The molecule has 1 unspecified atom stereocenters. The maximum atomic E-state index is 12.2. The molecular weight excluding hydrogens is 301 g/mol. The van der Waals surface area contributed by atoms with Gasteiger partial charge < -0.3 is 9.47 Å². The smallest absolute Gasteiger partial charge is 0.425 e. The first-order chi connectivity index (χ1) is 10.2. The van der Waals surface area contributed by atoms with Gasteiger partial charge in [-0.1, -0.05) is 25.1 Å². The summed E-state index contributed by atoms with van der Waals surface area (Å²) < 4.78 is 45.9. The highest BCUT2D eigenvalue weighted by Crippen LogP contribution is 2.23. The van der Waals surface area contributed by atoms with Crippen LogP contribution in [0, 0.1) is 0 Å². The molecule has 4 nitrogen and oxygen atoms in total. The molecule has 0 aliphatic rings. The predicted octanol–water partition coefficient (Wildman–Crippen LogP) is 3.43. The minimum absolute atomic E-state index is 0.346. The van der Waals surface area contributed by atoms with Gasteiger partial charge in [0.15, 0.2) is 6.10 Å². The van der Waals surface area contributed by atoms with Crippen molar-refractivity contribution in [3.8, 4) is 5.75 Å². The van der Waals surface area contributed by atoms with E-state index < -0.39 is 30.6 Å². The molecule has 1 aromatic carbocycles. The topological polar surface area (TPSA) is 52.6 Å². The summed E-state index contributed by atoms with van der Waals surface area (Å²) in [5.41, 5.74) is 0.823. The second kappa shape index (κ2) is 7.82. The van der Waals surface area contributed by atoms with E-state index in [1.54, 1.807) is 24.3 Å². The summed E-state index contributed by atoms with van der Waals surface area (Å²) >= 11 is 0. The number of halogens is 3. The monoisotopic (exact) mass is 318 g/mol. The van der Waals surface area contributed by atoms with Crippen LogP contribution in [0.15, 0.2) is 24.3 Å². The summed E-state index contributed by atoms with van der Waals surface area (Å²) in [4.78, 5) is 22.9. The fourth-order valence-corrected chi connectivity index (χ4v) is 1.60. The van der Waals surface area contributed by atoms with Crippen LogP contribution in [-0.4, -0.2) is 24.2 Å². The first-order valence-corrected chi connectivity index (χ1v) is 6.78. The Labute approximate surface area is 126 Å². The molecule has 22 heavy (non-hydrogen) atoms. The zero-order chi connectivity index (χ0) is 16.8. The van der Waals surface area contributed by atoms with E-state index in [4.69, 9.17) is 4.74 Å². The number of aryl methyl sites for hydroxylation is 1. The number of para-hydroxylation sites is 1. The molecule has 122 valence electrons. The Morgan fingerprint density at radius 1 is 1.14 bits per heavy atom. The Hall–Kier alpha value is -2.05. The first kappa shape index (κ1) is 18.0. The lowest BCUT2D eigenvalue weighted by molar-refractivity contribution is -0.216. The second-order valence-corrected chi connectivity index (χ2v) is 4.61. The molecule has 1 rings (SSSR count). The number of rotatable bonds is 6. The molecule has 0 spiro atoms. The van der Waals surface area contributed by atoms with Gasteiger partial charge >= 0.3 is 18.1 Å². The van der Waals surface area contributed by atoms with E-state index in [1.165, 1.54) is 0 Å². The van der Waals surface area contributed by atoms with Crippen molar-refractivity contribution in [2.75, 3.05) is 0 Å². The predicted molar refractivity (Wildman–Crippen MR) is 72.3 cm³/mol. The number of esters is 2. The molecule has 0 fully saturated rings. The van der Waals surface area contributed by atoms with Gasteiger partial charge in [-0.25, -0.2) is 0 Å². The van der Waals surface area contributed by atoms with Gasteiger partial charge in [0.25, 0.3) is 0 Å². The van der Waals surface area contributed by atoms with E-state index in [2.05, 4.69) is 4.74 Å². The Kier molecular flexibility index (Phi) is 6.39. The van der Waals surface area contributed by atoms with E-state index >= 15 is 0 Å². The Balaban J connectivity index is 2.45. The quantitative estimate of drug-likeness (QED) is 0.596. The fourth-order valence-electron chi connectivity index (χ4n) is 1.60. The highest BCUT2D eigenvalue weighted by Gasteiger charge is 2.39. The summed E-state index contributed by atoms with van der Waals surface area (Å²) in [5.74, 6) is -1.41. The maximum absolute atomic E-state index is 12.2. The molecule has 0 heterocycles. The number of ether oxygens (including phenoxy) is 2. The zero-order valence-corrected chi connectivity index (χ0v) is 12.3. The van der Waals surface area contributed by atoms with Crippen molar-refractivity contribution in [3.05, 3.63) is 29.8 Å². The van der Waals surface area contributed by atoms with Crippen molar-refractivity contribution in [3.63, 3.8) is 0 Å². The summed E-state index contributed by atoms with van der Waals surface area (Å²) in [7, 11) is 0. The Bertz CT molecular complexity index is 526. The average molecular weight is 318 g/mol.